The monoisotopic (exact) mass is 389 g/mol. The number of carboxylic acids is 1. The van der Waals surface area contributed by atoms with Crippen LogP contribution in [0, 0.1) is 25.2 Å². The Morgan fingerprint density at radius 2 is 2.11 bits per heavy atom. The Kier molecular flexibility index (Phi) is 5.43. The van der Waals surface area contributed by atoms with E-state index in [-0.39, 0.29) is 18.9 Å². The van der Waals surface area contributed by atoms with Crippen LogP contribution in [0.25, 0.3) is 11.1 Å². The second kappa shape index (κ2) is 7.50. The number of pyridine rings is 1. The van der Waals surface area contributed by atoms with Gasteiger partial charge in [0.05, 0.1) is 22.7 Å². The van der Waals surface area contributed by atoms with E-state index in [9.17, 15) is 19.8 Å². The summed E-state index contributed by atoms with van der Waals surface area (Å²) in [5.74, 6) is -1.05. The van der Waals surface area contributed by atoms with Crippen LogP contribution in [0.4, 0.5) is 0 Å². The van der Waals surface area contributed by atoms with Crippen LogP contribution >= 0.6 is 0 Å². The van der Waals surface area contributed by atoms with E-state index in [0.717, 1.165) is 0 Å². The summed E-state index contributed by atoms with van der Waals surface area (Å²) in [5, 5.41) is 24.9. The van der Waals surface area contributed by atoms with Crippen molar-refractivity contribution in [1.29, 1.82) is 0 Å². The van der Waals surface area contributed by atoms with Crippen molar-refractivity contribution in [2.45, 2.75) is 53.1 Å². The predicted octanol–water partition coefficient (Wildman–Crippen LogP) is 2.55. The molecule has 0 aliphatic carbocycles. The van der Waals surface area contributed by atoms with Crippen molar-refractivity contribution in [2.75, 3.05) is 13.1 Å². The summed E-state index contributed by atoms with van der Waals surface area (Å²) in [6.07, 6.45) is 0.229. The first-order valence-electron chi connectivity index (χ1n) is 9.60. The second-order valence-electron chi connectivity index (χ2n) is 8.18. The van der Waals surface area contributed by atoms with Crippen LogP contribution in [0.1, 0.15) is 54.9 Å². The van der Waals surface area contributed by atoms with Crippen molar-refractivity contribution >= 4 is 23.0 Å². The number of nitrogens with zero attached hydrogens (tertiary/aromatic N) is 3. The summed E-state index contributed by atoms with van der Waals surface area (Å²) in [7, 11) is 0. The summed E-state index contributed by atoms with van der Waals surface area (Å²) in [6, 6.07) is 1.68. The zero-order chi connectivity index (χ0) is 20.6. The first-order chi connectivity index (χ1) is 13.2. The number of hydrogen-bond acceptors (Lipinski definition) is 6. The highest BCUT2D eigenvalue weighted by Gasteiger charge is 2.50. The van der Waals surface area contributed by atoms with E-state index < -0.39 is 17.5 Å². The van der Waals surface area contributed by atoms with E-state index in [1.54, 1.807) is 19.9 Å². The van der Waals surface area contributed by atoms with E-state index in [1.165, 1.54) is 4.90 Å². The summed E-state index contributed by atoms with van der Waals surface area (Å²) >= 11 is 0. The molecule has 1 fully saturated rings. The van der Waals surface area contributed by atoms with E-state index in [0.29, 0.717) is 53.4 Å². The van der Waals surface area contributed by atoms with Gasteiger partial charge in [0.25, 0.3) is 11.6 Å². The van der Waals surface area contributed by atoms with Gasteiger partial charge in [0.1, 0.15) is 5.41 Å². The van der Waals surface area contributed by atoms with Crippen molar-refractivity contribution in [1.82, 2.24) is 15.0 Å². The number of likely N-dealkylation sites (tertiary alicyclic amines) is 1. The molecule has 2 atom stereocenters. The number of amides is 1. The SMILES string of the molecule is Cc1cc(C(=O)N2CC[C@@H](O)[C@](CCC(C)C)(C(=O)O)C2)c2c(C)noc2n1. The number of carbonyl (C=O) groups excluding carboxylic acids is 1. The Bertz CT molecular complexity index is 907. The highest BCUT2D eigenvalue weighted by Crippen LogP contribution is 2.37. The van der Waals surface area contributed by atoms with Crippen LogP contribution in [0.5, 0.6) is 0 Å². The van der Waals surface area contributed by atoms with Gasteiger partial charge in [0.2, 0.25) is 0 Å². The average Bonchev–Trinajstić information content (AvgIpc) is 3.00. The topological polar surface area (TPSA) is 117 Å². The van der Waals surface area contributed by atoms with Gasteiger partial charge in [0, 0.05) is 18.8 Å². The third kappa shape index (κ3) is 3.48. The molecule has 3 rings (SSSR count). The molecule has 2 N–H and O–H groups in total. The molecule has 152 valence electrons. The highest BCUT2D eigenvalue weighted by atomic mass is 16.5. The quantitative estimate of drug-likeness (QED) is 0.807. The van der Waals surface area contributed by atoms with Crippen molar-refractivity contribution in [3.05, 3.63) is 23.0 Å². The molecular formula is C20H27N3O5. The fourth-order valence-corrected chi connectivity index (χ4v) is 3.92. The van der Waals surface area contributed by atoms with Crippen LogP contribution in [-0.2, 0) is 4.79 Å². The molecule has 0 radical (unpaired) electrons. The number of aliphatic hydroxyl groups excluding tert-OH is 1. The minimum Gasteiger partial charge on any atom is -0.481 e. The zero-order valence-corrected chi connectivity index (χ0v) is 16.7. The number of aromatic nitrogens is 2. The van der Waals surface area contributed by atoms with Gasteiger partial charge in [0.15, 0.2) is 0 Å². The molecule has 1 aliphatic rings. The Morgan fingerprint density at radius 3 is 2.75 bits per heavy atom. The minimum absolute atomic E-state index is 0.0256. The molecule has 8 nitrogen and oxygen atoms in total. The predicted molar refractivity (Wildman–Crippen MR) is 102 cm³/mol. The van der Waals surface area contributed by atoms with Crippen LogP contribution in [0.2, 0.25) is 0 Å². The summed E-state index contributed by atoms with van der Waals surface area (Å²) < 4.78 is 5.20. The number of aliphatic carboxylic acids is 1. The summed E-state index contributed by atoms with van der Waals surface area (Å²) in [5.41, 5.74) is 0.520. The number of aliphatic hydroxyl groups is 1. The van der Waals surface area contributed by atoms with Gasteiger partial charge < -0.3 is 19.6 Å². The molecule has 1 amide bonds. The Balaban J connectivity index is 1.97. The molecule has 1 aliphatic heterocycles. The zero-order valence-electron chi connectivity index (χ0n) is 16.7. The Morgan fingerprint density at radius 1 is 1.39 bits per heavy atom. The van der Waals surface area contributed by atoms with Crippen LogP contribution in [0.15, 0.2) is 10.6 Å². The van der Waals surface area contributed by atoms with E-state index in [1.807, 2.05) is 13.8 Å². The third-order valence-corrected chi connectivity index (χ3v) is 5.64. The molecule has 2 aromatic rings. The number of rotatable bonds is 5. The lowest BCUT2D eigenvalue weighted by Gasteiger charge is -2.43. The van der Waals surface area contributed by atoms with Gasteiger partial charge >= 0.3 is 5.97 Å². The molecule has 0 bridgehead atoms. The molecule has 0 spiro atoms. The Labute approximate surface area is 163 Å². The molecular weight excluding hydrogens is 362 g/mol. The van der Waals surface area contributed by atoms with Gasteiger partial charge in [-0.15, -0.1) is 0 Å². The number of hydrogen-bond donors (Lipinski definition) is 2. The molecule has 3 heterocycles. The first kappa shape index (κ1) is 20.3. The number of piperidine rings is 1. The second-order valence-corrected chi connectivity index (χ2v) is 8.18. The summed E-state index contributed by atoms with van der Waals surface area (Å²) in [4.78, 5) is 31.3. The molecule has 8 heteroatoms. The lowest BCUT2D eigenvalue weighted by Crippen LogP contribution is -2.57. The fraction of sp³-hybridized carbons (Fsp3) is 0.600. The maximum atomic E-state index is 13.3. The van der Waals surface area contributed by atoms with E-state index in [2.05, 4.69) is 10.1 Å². The molecule has 1 saturated heterocycles. The molecule has 2 aromatic heterocycles. The van der Waals surface area contributed by atoms with E-state index in [4.69, 9.17) is 4.52 Å². The largest absolute Gasteiger partial charge is 0.481 e. The van der Waals surface area contributed by atoms with Crippen LogP contribution in [-0.4, -0.2) is 56.3 Å². The van der Waals surface area contributed by atoms with Gasteiger partial charge in [-0.3, -0.25) is 9.59 Å². The molecule has 0 aromatic carbocycles. The standard InChI is InChI=1S/C20H27N3O5/c1-11(2)5-7-20(19(26)27)10-23(8-6-15(20)24)18(25)14-9-12(3)21-17-16(14)13(4)22-28-17/h9,11,15,24H,5-8,10H2,1-4H3,(H,26,27)/t15-,20-/m1/s1. The van der Waals surface area contributed by atoms with Gasteiger partial charge in [-0.05, 0) is 45.1 Å². The van der Waals surface area contributed by atoms with Crippen molar-refractivity contribution in [3.8, 4) is 0 Å². The number of aryl methyl sites for hydroxylation is 2. The van der Waals surface area contributed by atoms with Gasteiger partial charge in [-0.2, -0.15) is 0 Å². The van der Waals surface area contributed by atoms with Gasteiger partial charge in [-0.1, -0.05) is 19.0 Å². The summed E-state index contributed by atoms with van der Waals surface area (Å²) in [6.45, 7) is 7.80. The first-order valence-corrected chi connectivity index (χ1v) is 9.60. The van der Waals surface area contributed by atoms with E-state index >= 15 is 0 Å². The fourth-order valence-electron chi connectivity index (χ4n) is 3.92. The average molecular weight is 389 g/mol. The smallest absolute Gasteiger partial charge is 0.314 e. The van der Waals surface area contributed by atoms with Crippen molar-refractivity contribution < 1.29 is 24.3 Å². The highest BCUT2D eigenvalue weighted by molar-refractivity contribution is 6.06. The lowest BCUT2D eigenvalue weighted by molar-refractivity contribution is -0.163. The van der Waals surface area contributed by atoms with Crippen molar-refractivity contribution in [3.63, 3.8) is 0 Å². The molecule has 0 saturated carbocycles. The number of fused-ring (bicyclic) bond motifs is 1. The van der Waals surface area contributed by atoms with Crippen molar-refractivity contribution in [2.24, 2.45) is 11.3 Å². The normalized spacial score (nSPS) is 22.8. The Hall–Kier alpha value is -2.48. The molecule has 28 heavy (non-hydrogen) atoms. The van der Waals surface area contributed by atoms with Gasteiger partial charge in [-0.25, -0.2) is 4.98 Å². The van der Waals surface area contributed by atoms with Crippen LogP contribution in [0.3, 0.4) is 0 Å². The molecule has 0 unspecified atom stereocenters. The third-order valence-electron chi connectivity index (χ3n) is 5.64. The lowest BCUT2D eigenvalue weighted by atomic mass is 9.72. The minimum atomic E-state index is -1.36. The van der Waals surface area contributed by atoms with Crippen LogP contribution < -0.4 is 0 Å². The number of carbonyl (C=O) groups is 2. The maximum absolute atomic E-state index is 13.3. The maximum Gasteiger partial charge on any atom is 0.314 e. The number of carboxylic acid groups (broad SMARTS) is 1.